The number of fused-ring (bicyclic) bond motifs is 2. The minimum Gasteiger partial charge on any atom is -0.389 e. The predicted molar refractivity (Wildman–Crippen MR) is 137 cm³/mol. The number of carbonyl (C=O) groups excluding carboxylic acids is 2. The van der Waals surface area contributed by atoms with E-state index < -0.39 is 17.9 Å². The number of rotatable bonds is 9. The Bertz CT molecular complexity index is 1170. The number of carbonyl (C=O) groups is 2. The van der Waals surface area contributed by atoms with Gasteiger partial charge >= 0.3 is 0 Å². The number of nitrogens with zero attached hydrogens (tertiary/aromatic N) is 3. The fraction of sp³-hybridized carbons (Fsp3) is 0.615. The van der Waals surface area contributed by atoms with Crippen LogP contribution in [0.25, 0.3) is 10.4 Å². The van der Waals surface area contributed by atoms with Crippen LogP contribution in [0.1, 0.15) is 91.6 Å². The van der Waals surface area contributed by atoms with Crippen LogP contribution < -0.4 is 10.6 Å². The molecule has 0 aromatic carbocycles. The molecule has 2 saturated heterocycles. The highest BCUT2D eigenvalue weighted by Gasteiger charge is 2.44. The van der Waals surface area contributed by atoms with E-state index in [4.69, 9.17) is 0 Å². The Kier molecular flexibility index (Phi) is 6.95. The van der Waals surface area contributed by atoms with Crippen LogP contribution in [-0.2, 0) is 0 Å². The van der Waals surface area contributed by atoms with Gasteiger partial charge in [0.2, 0.25) is 0 Å². The molecule has 2 aromatic rings. The molecule has 3 aliphatic rings. The van der Waals surface area contributed by atoms with E-state index in [0.717, 1.165) is 49.9 Å². The van der Waals surface area contributed by atoms with Crippen molar-refractivity contribution < 1.29 is 23.5 Å². The molecule has 2 aromatic heterocycles. The lowest BCUT2D eigenvalue weighted by Gasteiger charge is -2.22. The molecule has 1 atom stereocenters. The molecule has 11 heteroatoms. The van der Waals surface area contributed by atoms with E-state index in [1.807, 2.05) is 11.8 Å². The molecule has 1 aliphatic carbocycles. The number of aliphatic hydroxyl groups is 1. The maximum absolute atomic E-state index is 14.3. The summed E-state index contributed by atoms with van der Waals surface area (Å²) in [6.07, 6.45) is 4.42. The number of hydrogen-bond acceptors (Lipinski definition) is 7. The summed E-state index contributed by atoms with van der Waals surface area (Å²) in [6.45, 7) is 5.10. The summed E-state index contributed by atoms with van der Waals surface area (Å²) in [4.78, 5) is 37.4. The minimum atomic E-state index is -2.81. The molecule has 2 aliphatic heterocycles. The molecular weight excluding hydrogens is 500 g/mol. The predicted octanol–water partition coefficient (Wildman–Crippen LogP) is 4.62. The smallest absolute Gasteiger partial charge is 0.280 e. The standard InChI is InChI=1S/C26H33F2N5O3S/c1-13(14-4-5-14)31-19-10-17(22(27)28)18(11-29-19)21-20(25(35)33-15-6-7-16(33)9-8-15)32-24(37-21)23(34)30-12-26(2,3)36/h10-11,13-16,22,36H,4-9,12H2,1-3H3,(H,29,31)(H,30,34)/t13-,15?,16?/m0/s1. The first-order valence-electron chi connectivity index (χ1n) is 12.9. The van der Waals surface area contributed by atoms with Crippen molar-refractivity contribution in [2.75, 3.05) is 11.9 Å². The van der Waals surface area contributed by atoms with Gasteiger partial charge in [0.05, 0.1) is 10.5 Å². The lowest BCUT2D eigenvalue weighted by atomic mass is 10.0. The Balaban J connectivity index is 1.52. The van der Waals surface area contributed by atoms with E-state index in [2.05, 4.69) is 20.6 Å². The van der Waals surface area contributed by atoms with Crippen LogP contribution in [0.15, 0.2) is 12.3 Å². The molecule has 4 heterocycles. The van der Waals surface area contributed by atoms with Gasteiger partial charge < -0.3 is 20.6 Å². The molecular formula is C26H33F2N5O3S. The van der Waals surface area contributed by atoms with Crippen molar-refractivity contribution in [2.45, 2.75) is 89.4 Å². The Hall–Kier alpha value is -2.66. The zero-order chi connectivity index (χ0) is 26.5. The number of halogens is 2. The molecule has 0 radical (unpaired) electrons. The summed E-state index contributed by atoms with van der Waals surface area (Å²) in [5.74, 6) is -0.0259. The van der Waals surface area contributed by atoms with Gasteiger partial charge in [-0.2, -0.15) is 0 Å². The van der Waals surface area contributed by atoms with Gasteiger partial charge in [0.1, 0.15) is 11.5 Å². The molecule has 5 rings (SSSR count). The Morgan fingerprint density at radius 1 is 1.19 bits per heavy atom. The average Bonchev–Trinajstić information content (AvgIpc) is 3.32. The zero-order valence-electron chi connectivity index (χ0n) is 21.3. The molecule has 200 valence electrons. The maximum Gasteiger partial charge on any atom is 0.280 e. The van der Waals surface area contributed by atoms with Crippen LogP contribution >= 0.6 is 11.3 Å². The molecule has 1 saturated carbocycles. The van der Waals surface area contributed by atoms with Crippen molar-refractivity contribution in [3.05, 3.63) is 28.5 Å². The summed E-state index contributed by atoms with van der Waals surface area (Å²) in [7, 11) is 0. The molecule has 2 bridgehead atoms. The molecule has 3 N–H and O–H groups in total. The molecule has 0 spiro atoms. The van der Waals surface area contributed by atoms with Crippen LogP contribution in [0.2, 0.25) is 0 Å². The number of amides is 2. The van der Waals surface area contributed by atoms with Crippen molar-refractivity contribution in [3.8, 4) is 10.4 Å². The lowest BCUT2D eigenvalue weighted by molar-refractivity contribution is 0.0692. The fourth-order valence-corrected chi connectivity index (χ4v) is 6.36. The Morgan fingerprint density at radius 3 is 2.41 bits per heavy atom. The van der Waals surface area contributed by atoms with Crippen molar-refractivity contribution >= 4 is 29.0 Å². The van der Waals surface area contributed by atoms with Gasteiger partial charge in [-0.3, -0.25) is 9.59 Å². The number of thiazole rings is 1. The van der Waals surface area contributed by atoms with Crippen LogP contribution in [0.5, 0.6) is 0 Å². The second kappa shape index (κ2) is 9.90. The molecule has 37 heavy (non-hydrogen) atoms. The van der Waals surface area contributed by atoms with Gasteiger partial charge in [0.15, 0.2) is 5.01 Å². The van der Waals surface area contributed by atoms with E-state index in [9.17, 15) is 23.5 Å². The van der Waals surface area contributed by atoms with E-state index in [1.165, 1.54) is 12.3 Å². The average molecular weight is 534 g/mol. The lowest BCUT2D eigenvalue weighted by Crippen LogP contribution is -2.38. The first kappa shape index (κ1) is 26.0. The van der Waals surface area contributed by atoms with Crippen LogP contribution in [0.3, 0.4) is 0 Å². The first-order valence-corrected chi connectivity index (χ1v) is 13.7. The second-order valence-electron chi connectivity index (χ2n) is 11.1. The van der Waals surface area contributed by atoms with Crippen LogP contribution in [0.4, 0.5) is 14.6 Å². The summed E-state index contributed by atoms with van der Waals surface area (Å²) in [6, 6.07) is 1.69. The van der Waals surface area contributed by atoms with Gasteiger partial charge in [-0.25, -0.2) is 18.7 Å². The quantitative estimate of drug-likeness (QED) is 0.434. The highest BCUT2D eigenvalue weighted by atomic mass is 32.1. The van der Waals surface area contributed by atoms with Crippen LogP contribution in [0, 0.1) is 5.92 Å². The van der Waals surface area contributed by atoms with Crippen molar-refractivity contribution in [3.63, 3.8) is 0 Å². The fourth-order valence-electron chi connectivity index (χ4n) is 5.35. The van der Waals surface area contributed by atoms with Gasteiger partial charge in [-0.1, -0.05) is 0 Å². The van der Waals surface area contributed by atoms with Gasteiger partial charge in [-0.15, -0.1) is 11.3 Å². The monoisotopic (exact) mass is 533 g/mol. The van der Waals surface area contributed by atoms with E-state index >= 15 is 0 Å². The van der Waals surface area contributed by atoms with Gasteiger partial charge in [0.25, 0.3) is 18.2 Å². The zero-order valence-corrected chi connectivity index (χ0v) is 22.1. The summed E-state index contributed by atoms with van der Waals surface area (Å²) in [5.41, 5.74) is -1.29. The van der Waals surface area contributed by atoms with E-state index in [0.29, 0.717) is 11.7 Å². The SMILES string of the molecule is C[C@H](Nc1cc(C(F)F)c(-c2sc(C(=O)NCC(C)(C)O)nc2C(=O)N2C3CCC2CC3)cn1)C1CC1. The van der Waals surface area contributed by atoms with Crippen LogP contribution in [-0.4, -0.2) is 62.1 Å². The molecule has 2 amide bonds. The number of hydrogen-bond donors (Lipinski definition) is 3. The highest BCUT2D eigenvalue weighted by Crippen LogP contribution is 2.42. The molecule has 0 unspecified atom stereocenters. The third-order valence-corrected chi connectivity index (χ3v) is 8.60. The summed E-state index contributed by atoms with van der Waals surface area (Å²) < 4.78 is 28.6. The number of aromatic nitrogens is 2. The first-order chi connectivity index (χ1) is 17.5. The van der Waals surface area contributed by atoms with Crippen molar-refractivity contribution in [2.24, 2.45) is 5.92 Å². The summed E-state index contributed by atoms with van der Waals surface area (Å²) >= 11 is 0.901. The molecule has 3 fully saturated rings. The third-order valence-electron chi connectivity index (χ3n) is 7.51. The molecule has 8 nitrogen and oxygen atoms in total. The second-order valence-corrected chi connectivity index (χ2v) is 12.1. The number of alkyl halides is 2. The van der Waals surface area contributed by atoms with Gasteiger partial charge in [-0.05, 0) is 71.3 Å². The van der Waals surface area contributed by atoms with Gasteiger partial charge in [0, 0.05) is 42.0 Å². The Morgan fingerprint density at radius 2 is 1.84 bits per heavy atom. The summed E-state index contributed by atoms with van der Waals surface area (Å²) in [5, 5.41) is 15.8. The van der Waals surface area contributed by atoms with E-state index in [-0.39, 0.29) is 57.3 Å². The van der Waals surface area contributed by atoms with Crippen molar-refractivity contribution in [1.29, 1.82) is 0 Å². The minimum absolute atomic E-state index is 0.00738. The Labute approximate surface area is 218 Å². The van der Waals surface area contributed by atoms with E-state index in [1.54, 1.807) is 13.8 Å². The highest BCUT2D eigenvalue weighted by molar-refractivity contribution is 7.17. The topological polar surface area (TPSA) is 107 Å². The van der Waals surface area contributed by atoms with Crippen molar-refractivity contribution in [1.82, 2.24) is 20.2 Å². The normalized spacial score (nSPS) is 22.0. The number of pyridine rings is 1. The third kappa shape index (κ3) is 5.47. The maximum atomic E-state index is 14.3. The number of anilines is 1. The largest absolute Gasteiger partial charge is 0.389 e. The number of nitrogens with one attached hydrogen (secondary N) is 2.